The van der Waals surface area contributed by atoms with Crippen LogP contribution in [0.15, 0.2) is 55.4 Å². The predicted molar refractivity (Wildman–Crippen MR) is 143 cm³/mol. The highest BCUT2D eigenvalue weighted by Gasteiger charge is 2.35. The second-order valence-electron chi connectivity index (χ2n) is 9.53. The van der Waals surface area contributed by atoms with E-state index >= 15 is 0 Å². The molecular formula is C26H23ClF2N10. The zero-order valence-corrected chi connectivity index (χ0v) is 21.4. The molecule has 0 aromatic carbocycles. The van der Waals surface area contributed by atoms with E-state index in [0.717, 1.165) is 36.7 Å². The molecule has 0 bridgehead atoms. The van der Waals surface area contributed by atoms with Crippen molar-refractivity contribution in [2.24, 2.45) is 5.73 Å². The van der Waals surface area contributed by atoms with Crippen LogP contribution in [0.1, 0.15) is 24.1 Å². The number of piperidine rings is 1. The molecule has 1 fully saturated rings. The summed E-state index contributed by atoms with van der Waals surface area (Å²) in [6, 6.07) is 8.34. The second-order valence-corrected chi connectivity index (χ2v) is 9.91. The van der Waals surface area contributed by atoms with Gasteiger partial charge in [0, 0.05) is 24.8 Å². The van der Waals surface area contributed by atoms with Crippen molar-refractivity contribution in [3.05, 3.63) is 83.6 Å². The third kappa shape index (κ3) is 4.72. The van der Waals surface area contributed by atoms with E-state index in [-0.39, 0.29) is 5.82 Å². The van der Waals surface area contributed by atoms with Crippen LogP contribution in [0.25, 0.3) is 22.4 Å². The van der Waals surface area contributed by atoms with E-state index in [1.54, 1.807) is 18.6 Å². The summed E-state index contributed by atoms with van der Waals surface area (Å²) in [4.78, 5) is 27.5. The van der Waals surface area contributed by atoms with Crippen molar-refractivity contribution in [2.75, 3.05) is 23.7 Å². The van der Waals surface area contributed by atoms with Gasteiger partial charge in [0.2, 0.25) is 5.95 Å². The van der Waals surface area contributed by atoms with Gasteiger partial charge in [0.25, 0.3) is 0 Å². The fraction of sp³-hybridized carbons (Fsp3) is 0.231. The molecule has 5 aromatic rings. The van der Waals surface area contributed by atoms with Crippen LogP contribution in [-0.4, -0.2) is 47.6 Å². The third-order valence-corrected chi connectivity index (χ3v) is 7.13. The first kappa shape index (κ1) is 25.0. The van der Waals surface area contributed by atoms with Gasteiger partial charge in [-0.15, -0.1) is 0 Å². The van der Waals surface area contributed by atoms with Crippen molar-refractivity contribution in [3.8, 4) is 11.3 Å². The summed E-state index contributed by atoms with van der Waals surface area (Å²) < 4.78 is 29.3. The van der Waals surface area contributed by atoms with Crippen molar-refractivity contribution in [1.82, 2.24) is 34.5 Å². The maximum absolute atomic E-state index is 14.0. The zero-order chi connectivity index (χ0) is 27.1. The third-order valence-electron chi connectivity index (χ3n) is 6.92. The van der Waals surface area contributed by atoms with Gasteiger partial charge in [0.1, 0.15) is 17.0 Å². The molecule has 1 saturated heterocycles. The number of hydrogen-bond donors (Lipinski definition) is 2. The molecule has 1 atom stereocenters. The van der Waals surface area contributed by atoms with Crippen molar-refractivity contribution >= 4 is 34.3 Å². The number of fused-ring (bicyclic) bond motifs is 1. The lowest BCUT2D eigenvalue weighted by atomic mass is 9.86. The van der Waals surface area contributed by atoms with Crippen LogP contribution in [-0.2, 0) is 12.1 Å². The zero-order valence-electron chi connectivity index (χ0n) is 20.6. The summed E-state index contributed by atoms with van der Waals surface area (Å²) in [5, 5.41) is 0.384. The minimum Gasteiger partial charge on any atom is -0.382 e. The Morgan fingerprint density at radius 3 is 2.74 bits per heavy atom. The molecule has 6 rings (SSSR count). The molecule has 0 amide bonds. The quantitative estimate of drug-likeness (QED) is 0.315. The van der Waals surface area contributed by atoms with Gasteiger partial charge in [-0.05, 0) is 42.7 Å². The highest BCUT2D eigenvalue weighted by molar-refractivity contribution is 6.29. The Balaban J connectivity index is 1.42. The molecular weight excluding hydrogens is 526 g/mol. The van der Waals surface area contributed by atoms with E-state index in [2.05, 4.69) is 34.8 Å². The second kappa shape index (κ2) is 9.79. The maximum atomic E-state index is 14.0. The minimum absolute atomic E-state index is 0.278. The molecule has 5 aromatic heterocycles. The number of hydrogen-bond acceptors (Lipinski definition) is 9. The first-order valence-corrected chi connectivity index (χ1v) is 12.6. The summed E-state index contributed by atoms with van der Waals surface area (Å²) in [6.07, 6.45) is 7.54. The Kier molecular flexibility index (Phi) is 6.28. The predicted octanol–water partition coefficient (Wildman–Crippen LogP) is 3.69. The van der Waals surface area contributed by atoms with E-state index in [4.69, 9.17) is 23.1 Å². The summed E-state index contributed by atoms with van der Waals surface area (Å²) in [6.45, 7) is 1.55. The van der Waals surface area contributed by atoms with Crippen LogP contribution in [0.3, 0.4) is 0 Å². The molecule has 0 spiro atoms. The lowest BCUT2D eigenvalue weighted by molar-refractivity contribution is 0.345. The Morgan fingerprint density at radius 2 is 1.92 bits per heavy atom. The normalized spacial score (nSPS) is 17.6. The number of nitrogens with zero attached hydrogens (tertiary/aromatic N) is 8. The first-order chi connectivity index (χ1) is 18.8. The fourth-order valence-corrected chi connectivity index (χ4v) is 5.17. The lowest BCUT2D eigenvalue weighted by Crippen LogP contribution is -2.52. The van der Waals surface area contributed by atoms with Crippen molar-refractivity contribution < 1.29 is 8.78 Å². The van der Waals surface area contributed by atoms with Crippen LogP contribution in [0.5, 0.6) is 0 Å². The number of nitrogen functional groups attached to an aromatic ring is 1. The fourth-order valence-electron chi connectivity index (χ4n) is 5.00. The molecule has 4 N–H and O–H groups in total. The van der Waals surface area contributed by atoms with Gasteiger partial charge < -0.3 is 20.9 Å². The summed E-state index contributed by atoms with van der Waals surface area (Å²) in [5.74, 6) is -1.94. The topological polar surface area (TPSA) is 138 Å². The standard InChI is InChI=1S/C26H23ClF2N10/c27-21-4-1-3-20(37-21)26(31)5-2-6-38(12-26)19-10-32-18(15-7-17(28)23(29)33-9-15)8-16(19)11-39-14-36-22-24(30)34-13-35-25(22)39/h1,3-4,7-10,13-14H,2,5-6,11-12,31H2,(H2,30,34,35). The van der Waals surface area contributed by atoms with Gasteiger partial charge in [-0.25, -0.2) is 29.3 Å². The maximum Gasteiger partial charge on any atom is 0.248 e. The Morgan fingerprint density at radius 1 is 1.05 bits per heavy atom. The number of aromatic nitrogens is 7. The monoisotopic (exact) mass is 548 g/mol. The van der Waals surface area contributed by atoms with E-state index in [1.165, 1.54) is 12.5 Å². The molecule has 1 aliphatic heterocycles. The van der Waals surface area contributed by atoms with E-state index in [9.17, 15) is 8.78 Å². The van der Waals surface area contributed by atoms with Gasteiger partial charge in [-0.1, -0.05) is 17.7 Å². The molecule has 10 nitrogen and oxygen atoms in total. The first-order valence-electron chi connectivity index (χ1n) is 12.2. The number of imidazole rings is 1. The number of nitrogens with two attached hydrogens (primary N) is 2. The number of pyridine rings is 3. The molecule has 39 heavy (non-hydrogen) atoms. The van der Waals surface area contributed by atoms with Gasteiger partial charge in [-0.3, -0.25) is 4.98 Å². The Hall–Kier alpha value is -4.29. The van der Waals surface area contributed by atoms with Crippen molar-refractivity contribution in [1.29, 1.82) is 0 Å². The number of anilines is 2. The Bertz CT molecular complexity index is 1690. The lowest BCUT2D eigenvalue weighted by Gasteiger charge is -2.41. The molecule has 13 heteroatoms. The molecule has 1 unspecified atom stereocenters. The molecule has 0 aliphatic carbocycles. The smallest absolute Gasteiger partial charge is 0.248 e. The SMILES string of the molecule is Nc1ncnc2c1ncn2Cc1cc(-c2cnc(F)c(F)c2)ncc1N1CCCC(N)(c2cccc(Cl)n2)C1. The van der Waals surface area contributed by atoms with Gasteiger partial charge in [0.05, 0.1) is 41.7 Å². The van der Waals surface area contributed by atoms with E-state index in [0.29, 0.717) is 46.4 Å². The van der Waals surface area contributed by atoms with E-state index in [1.807, 2.05) is 22.8 Å². The van der Waals surface area contributed by atoms with Crippen LogP contribution in [0.2, 0.25) is 5.15 Å². The van der Waals surface area contributed by atoms with E-state index < -0.39 is 17.3 Å². The number of rotatable bonds is 5. The highest BCUT2D eigenvalue weighted by Crippen LogP contribution is 2.34. The van der Waals surface area contributed by atoms with Gasteiger partial charge >= 0.3 is 0 Å². The summed E-state index contributed by atoms with van der Waals surface area (Å²) >= 11 is 6.17. The molecule has 1 aliphatic rings. The van der Waals surface area contributed by atoms with Crippen LogP contribution in [0.4, 0.5) is 20.3 Å². The van der Waals surface area contributed by atoms with Crippen molar-refractivity contribution in [2.45, 2.75) is 24.9 Å². The average Bonchev–Trinajstić information content (AvgIpc) is 3.34. The summed E-state index contributed by atoms with van der Waals surface area (Å²) in [5.41, 5.74) is 16.4. The van der Waals surface area contributed by atoms with Crippen LogP contribution >= 0.6 is 11.6 Å². The summed E-state index contributed by atoms with van der Waals surface area (Å²) in [7, 11) is 0. The number of halogens is 3. The van der Waals surface area contributed by atoms with Gasteiger partial charge in [0.15, 0.2) is 17.3 Å². The average molecular weight is 549 g/mol. The van der Waals surface area contributed by atoms with Crippen LogP contribution in [0, 0.1) is 11.8 Å². The molecule has 0 saturated carbocycles. The Labute approximate surface area is 226 Å². The van der Waals surface area contributed by atoms with Crippen molar-refractivity contribution in [3.63, 3.8) is 0 Å². The van der Waals surface area contributed by atoms with Crippen LogP contribution < -0.4 is 16.4 Å². The minimum atomic E-state index is -1.17. The molecule has 198 valence electrons. The molecule has 6 heterocycles. The largest absolute Gasteiger partial charge is 0.382 e. The molecule has 0 radical (unpaired) electrons. The highest BCUT2D eigenvalue weighted by atomic mass is 35.5. The van der Waals surface area contributed by atoms with Gasteiger partial charge in [-0.2, -0.15) is 4.39 Å².